The van der Waals surface area contributed by atoms with Crippen molar-refractivity contribution in [2.24, 2.45) is 0 Å². The van der Waals surface area contributed by atoms with Crippen LogP contribution in [0.25, 0.3) is 22.6 Å². The van der Waals surface area contributed by atoms with Crippen LogP contribution in [0.5, 0.6) is 5.75 Å². The number of alkyl halides is 3. The third-order valence-corrected chi connectivity index (χ3v) is 3.18. The lowest BCUT2D eigenvalue weighted by atomic mass is 10.1. The van der Waals surface area contributed by atoms with E-state index in [1.54, 1.807) is 43.5 Å². The predicted octanol–water partition coefficient (Wildman–Crippen LogP) is 4.41. The van der Waals surface area contributed by atoms with Crippen LogP contribution in [0, 0.1) is 6.92 Å². The number of nitrogens with zero attached hydrogens (tertiary/aromatic N) is 3. The molecule has 1 aromatic carbocycles. The van der Waals surface area contributed by atoms with Gasteiger partial charge in [-0.15, -0.1) is 13.2 Å². The largest absolute Gasteiger partial charge is 0.573 e. The number of benzene rings is 1. The molecule has 122 valence electrons. The Labute approximate surface area is 136 Å². The van der Waals surface area contributed by atoms with Crippen molar-refractivity contribution < 1.29 is 17.9 Å². The molecule has 0 saturated carbocycles. The molecule has 3 rings (SSSR count). The molecule has 0 unspecified atom stereocenters. The van der Waals surface area contributed by atoms with Crippen LogP contribution >= 0.6 is 0 Å². The molecule has 0 fully saturated rings. The average Bonchev–Trinajstić information content (AvgIpc) is 2.54. The average molecular weight is 331 g/mol. The van der Waals surface area contributed by atoms with E-state index in [4.69, 9.17) is 0 Å². The molecule has 0 bridgehead atoms. The molecule has 0 aliphatic heterocycles. The van der Waals surface area contributed by atoms with E-state index in [0.29, 0.717) is 22.9 Å². The molecular weight excluding hydrogens is 319 g/mol. The quantitative estimate of drug-likeness (QED) is 0.713. The van der Waals surface area contributed by atoms with Crippen LogP contribution in [0.3, 0.4) is 0 Å². The molecule has 0 spiro atoms. The minimum Gasteiger partial charge on any atom is -0.405 e. The van der Waals surface area contributed by atoms with Crippen molar-refractivity contribution in [1.82, 2.24) is 15.0 Å². The van der Waals surface area contributed by atoms with Crippen LogP contribution in [0.15, 0.2) is 54.7 Å². The Morgan fingerprint density at radius 3 is 2.29 bits per heavy atom. The highest BCUT2D eigenvalue weighted by Crippen LogP contribution is 2.33. The van der Waals surface area contributed by atoms with Gasteiger partial charge in [-0.2, -0.15) is 0 Å². The number of ether oxygens (including phenoxy) is 1. The van der Waals surface area contributed by atoms with Crippen molar-refractivity contribution in [3.63, 3.8) is 0 Å². The number of hydrogen-bond donors (Lipinski definition) is 0. The zero-order valence-corrected chi connectivity index (χ0v) is 12.6. The van der Waals surface area contributed by atoms with E-state index in [2.05, 4.69) is 19.7 Å². The van der Waals surface area contributed by atoms with Crippen molar-refractivity contribution in [3.8, 4) is 28.4 Å². The zero-order chi connectivity index (χ0) is 17.2. The summed E-state index contributed by atoms with van der Waals surface area (Å²) in [6.07, 6.45) is -3.16. The van der Waals surface area contributed by atoms with E-state index in [1.165, 1.54) is 18.2 Å². The summed E-state index contributed by atoms with van der Waals surface area (Å²) in [4.78, 5) is 12.7. The minimum atomic E-state index is -4.77. The third-order valence-electron chi connectivity index (χ3n) is 3.18. The second-order valence-corrected chi connectivity index (χ2v) is 4.94. The summed E-state index contributed by atoms with van der Waals surface area (Å²) in [5.41, 5.74) is 1.75. The lowest BCUT2D eigenvalue weighted by molar-refractivity contribution is -0.274. The van der Waals surface area contributed by atoms with Gasteiger partial charge >= 0.3 is 6.36 Å². The van der Waals surface area contributed by atoms with Crippen LogP contribution in [-0.2, 0) is 0 Å². The topological polar surface area (TPSA) is 47.9 Å². The molecule has 0 amide bonds. The van der Waals surface area contributed by atoms with E-state index < -0.39 is 6.36 Å². The fourth-order valence-corrected chi connectivity index (χ4v) is 2.22. The van der Waals surface area contributed by atoms with Crippen LogP contribution in [-0.4, -0.2) is 21.3 Å². The molecule has 3 aromatic rings. The van der Waals surface area contributed by atoms with Gasteiger partial charge in [0, 0.05) is 11.8 Å². The number of halogens is 3. The highest BCUT2D eigenvalue weighted by atomic mass is 19.4. The number of aryl methyl sites for hydroxylation is 1. The number of rotatable bonds is 3. The van der Waals surface area contributed by atoms with Crippen LogP contribution in [0.2, 0.25) is 0 Å². The van der Waals surface area contributed by atoms with Crippen LogP contribution in [0.4, 0.5) is 13.2 Å². The van der Waals surface area contributed by atoms with Gasteiger partial charge in [0.1, 0.15) is 11.6 Å². The SMILES string of the molecule is Cc1nccc(-c2cccc(-c3ccccc3OC(F)(F)F)n2)n1. The maximum absolute atomic E-state index is 12.6. The van der Waals surface area contributed by atoms with Gasteiger partial charge in [-0.05, 0) is 37.3 Å². The second-order valence-electron chi connectivity index (χ2n) is 4.94. The lowest BCUT2D eigenvalue weighted by Crippen LogP contribution is -2.17. The summed E-state index contributed by atoms with van der Waals surface area (Å²) in [6, 6.07) is 12.6. The number of hydrogen-bond acceptors (Lipinski definition) is 4. The Morgan fingerprint density at radius 2 is 1.54 bits per heavy atom. The molecule has 0 aliphatic carbocycles. The van der Waals surface area contributed by atoms with Gasteiger partial charge in [0.25, 0.3) is 0 Å². The van der Waals surface area contributed by atoms with E-state index in [-0.39, 0.29) is 11.3 Å². The summed E-state index contributed by atoms with van der Waals surface area (Å²) >= 11 is 0. The zero-order valence-electron chi connectivity index (χ0n) is 12.6. The standard InChI is InChI=1S/C17H12F3N3O/c1-11-21-10-9-15(22-11)14-7-4-6-13(23-14)12-5-2-3-8-16(12)24-17(18,19)20/h2-10H,1H3. The minimum absolute atomic E-state index is 0.252. The lowest BCUT2D eigenvalue weighted by Gasteiger charge is -2.13. The first-order chi connectivity index (χ1) is 11.4. The fourth-order valence-electron chi connectivity index (χ4n) is 2.22. The van der Waals surface area contributed by atoms with Crippen molar-refractivity contribution >= 4 is 0 Å². The fraction of sp³-hybridized carbons (Fsp3) is 0.118. The Morgan fingerprint density at radius 1 is 0.833 bits per heavy atom. The third kappa shape index (κ3) is 3.68. The molecule has 0 aliphatic rings. The highest BCUT2D eigenvalue weighted by molar-refractivity contribution is 5.69. The van der Waals surface area contributed by atoms with Crippen molar-refractivity contribution in [2.45, 2.75) is 13.3 Å². The Bertz CT molecular complexity index is 865. The van der Waals surface area contributed by atoms with Crippen LogP contribution < -0.4 is 4.74 Å². The van der Waals surface area contributed by atoms with E-state index >= 15 is 0 Å². The normalized spacial score (nSPS) is 11.3. The molecule has 24 heavy (non-hydrogen) atoms. The van der Waals surface area contributed by atoms with Crippen molar-refractivity contribution in [1.29, 1.82) is 0 Å². The number of pyridine rings is 1. The van der Waals surface area contributed by atoms with E-state index in [0.717, 1.165) is 0 Å². The maximum atomic E-state index is 12.6. The Hall–Kier alpha value is -2.96. The first-order valence-corrected chi connectivity index (χ1v) is 7.04. The molecule has 2 heterocycles. The molecule has 7 heteroatoms. The van der Waals surface area contributed by atoms with Crippen molar-refractivity contribution in [2.75, 3.05) is 0 Å². The van der Waals surface area contributed by atoms with Gasteiger partial charge in [0.2, 0.25) is 0 Å². The maximum Gasteiger partial charge on any atom is 0.573 e. The molecule has 4 nitrogen and oxygen atoms in total. The monoisotopic (exact) mass is 331 g/mol. The molecule has 0 N–H and O–H groups in total. The van der Waals surface area contributed by atoms with E-state index in [1.807, 2.05) is 0 Å². The van der Waals surface area contributed by atoms with Gasteiger partial charge in [-0.3, -0.25) is 0 Å². The Kier molecular flexibility index (Phi) is 4.16. The summed E-state index contributed by atoms with van der Waals surface area (Å²) in [5.74, 6) is 0.286. The number of aromatic nitrogens is 3. The molecule has 0 saturated heterocycles. The first-order valence-electron chi connectivity index (χ1n) is 7.04. The molecular formula is C17H12F3N3O. The molecule has 2 aromatic heterocycles. The molecule has 0 radical (unpaired) electrons. The Balaban J connectivity index is 2.04. The van der Waals surface area contributed by atoms with Crippen molar-refractivity contribution in [3.05, 3.63) is 60.6 Å². The first kappa shape index (κ1) is 15.9. The smallest absolute Gasteiger partial charge is 0.405 e. The van der Waals surface area contributed by atoms with E-state index in [9.17, 15) is 13.2 Å². The van der Waals surface area contributed by atoms with Gasteiger partial charge in [0.15, 0.2) is 0 Å². The van der Waals surface area contributed by atoms with Gasteiger partial charge in [-0.25, -0.2) is 15.0 Å². The van der Waals surface area contributed by atoms with Gasteiger partial charge in [0.05, 0.1) is 17.1 Å². The summed E-state index contributed by atoms with van der Waals surface area (Å²) in [5, 5.41) is 0. The summed E-state index contributed by atoms with van der Waals surface area (Å²) < 4.78 is 41.8. The van der Waals surface area contributed by atoms with Crippen LogP contribution in [0.1, 0.15) is 5.82 Å². The molecule has 0 atom stereocenters. The highest BCUT2D eigenvalue weighted by Gasteiger charge is 2.32. The summed E-state index contributed by atoms with van der Waals surface area (Å²) in [7, 11) is 0. The predicted molar refractivity (Wildman–Crippen MR) is 82.1 cm³/mol. The van der Waals surface area contributed by atoms with Gasteiger partial charge < -0.3 is 4.74 Å². The second kappa shape index (κ2) is 6.27. The van der Waals surface area contributed by atoms with Gasteiger partial charge in [-0.1, -0.05) is 18.2 Å². The summed E-state index contributed by atoms with van der Waals surface area (Å²) in [6.45, 7) is 1.75. The number of para-hydroxylation sites is 1.